The number of thiazole rings is 1. The van der Waals surface area contributed by atoms with E-state index < -0.39 is 0 Å². The first-order chi connectivity index (χ1) is 11.2. The molecule has 4 nitrogen and oxygen atoms in total. The fraction of sp³-hybridized carbons (Fsp3) is 0.111. The number of hydrogen-bond donors (Lipinski definition) is 1. The van der Waals surface area contributed by atoms with Gasteiger partial charge in [-0.3, -0.25) is 9.69 Å². The average molecular weight is 321 g/mol. The number of para-hydroxylation sites is 1. The van der Waals surface area contributed by atoms with E-state index in [1.807, 2.05) is 54.6 Å². The molecule has 4 rings (SSSR count). The minimum atomic E-state index is -0.00504. The van der Waals surface area contributed by atoms with Crippen molar-refractivity contribution in [2.45, 2.75) is 13.5 Å². The molecule has 0 fully saturated rings. The van der Waals surface area contributed by atoms with Crippen LogP contribution < -0.4 is 4.90 Å². The Morgan fingerprint density at radius 2 is 1.87 bits per heavy atom. The molecule has 0 atom stereocenters. The van der Waals surface area contributed by atoms with Gasteiger partial charge in [-0.25, -0.2) is 4.98 Å². The van der Waals surface area contributed by atoms with Crippen LogP contribution in [0.4, 0.5) is 5.13 Å². The molecule has 0 radical (unpaired) electrons. The molecule has 0 aliphatic carbocycles. The number of rotatable bonds is 3. The fourth-order valence-corrected chi connectivity index (χ4v) is 3.73. The predicted molar refractivity (Wildman–Crippen MR) is 94.8 cm³/mol. The Morgan fingerprint density at radius 3 is 2.65 bits per heavy atom. The molecule has 0 saturated carbocycles. The maximum Gasteiger partial charge on any atom is 0.225 e. The van der Waals surface area contributed by atoms with Gasteiger partial charge in [-0.15, -0.1) is 0 Å². The van der Waals surface area contributed by atoms with Crippen LogP contribution in [0.15, 0.2) is 54.6 Å². The number of nitrogens with zero attached hydrogens (tertiary/aromatic N) is 2. The Kier molecular flexibility index (Phi) is 3.35. The van der Waals surface area contributed by atoms with E-state index in [1.54, 1.807) is 11.8 Å². The topological polar surface area (TPSA) is 49.0 Å². The third-order valence-corrected chi connectivity index (χ3v) is 4.83. The highest BCUT2D eigenvalue weighted by Gasteiger charge is 2.18. The molecule has 2 aromatic heterocycles. The summed E-state index contributed by atoms with van der Waals surface area (Å²) in [5.74, 6) is -0.00504. The van der Waals surface area contributed by atoms with Gasteiger partial charge in [-0.1, -0.05) is 59.9 Å². The van der Waals surface area contributed by atoms with Crippen LogP contribution in [0.5, 0.6) is 0 Å². The van der Waals surface area contributed by atoms with Crippen molar-refractivity contribution in [1.82, 2.24) is 9.97 Å². The van der Waals surface area contributed by atoms with Gasteiger partial charge in [-0.2, -0.15) is 0 Å². The average Bonchev–Trinajstić information content (AvgIpc) is 3.11. The van der Waals surface area contributed by atoms with E-state index in [2.05, 4.69) is 4.98 Å². The molecule has 0 aliphatic rings. The minimum Gasteiger partial charge on any atom is -0.345 e. The first-order valence-electron chi connectivity index (χ1n) is 7.41. The fourth-order valence-electron chi connectivity index (χ4n) is 2.69. The van der Waals surface area contributed by atoms with Crippen molar-refractivity contribution in [2.75, 3.05) is 4.90 Å². The summed E-state index contributed by atoms with van der Waals surface area (Å²) in [6.07, 6.45) is 0. The Bertz CT molecular complexity index is 987. The third kappa shape index (κ3) is 2.49. The second-order valence-corrected chi connectivity index (χ2v) is 6.41. The van der Waals surface area contributed by atoms with Gasteiger partial charge < -0.3 is 4.98 Å². The number of benzene rings is 2. The second-order valence-electron chi connectivity index (χ2n) is 5.44. The van der Waals surface area contributed by atoms with Gasteiger partial charge in [0.05, 0.1) is 6.54 Å². The van der Waals surface area contributed by atoms with E-state index in [4.69, 9.17) is 4.98 Å². The van der Waals surface area contributed by atoms with Gasteiger partial charge in [0.1, 0.15) is 10.3 Å². The first-order valence-corrected chi connectivity index (χ1v) is 8.23. The van der Waals surface area contributed by atoms with Crippen molar-refractivity contribution < 1.29 is 4.79 Å². The number of amides is 1. The van der Waals surface area contributed by atoms with Crippen molar-refractivity contribution >= 4 is 43.6 Å². The number of hydrogen-bond acceptors (Lipinski definition) is 3. The van der Waals surface area contributed by atoms with E-state index in [9.17, 15) is 4.79 Å². The summed E-state index contributed by atoms with van der Waals surface area (Å²) in [5.41, 5.74) is 3.09. The lowest BCUT2D eigenvalue weighted by Crippen LogP contribution is -2.27. The smallest absolute Gasteiger partial charge is 0.225 e. The quantitative estimate of drug-likeness (QED) is 0.610. The minimum absolute atomic E-state index is 0.00504. The number of nitrogens with one attached hydrogen (secondary N) is 1. The molecule has 2 aromatic carbocycles. The Labute approximate surface area is 137 Å². The van der Waals surface area contributed by atoms with Crippen LogP contribution in [0.1, 0.15) is 12.5 Å². The highest BCUT2D eigenvalue weighted by atomic mass is 32.1. The lowest BCUT2D eigenvalue weighted by Gasteiger charge is -2.17. The molecule has 0 unspecified atom stereocenters. The third-order valence-electron chi connectivity index (χ3n) is 3.84. The van der Waals surface area contributed by atoms with Crippen LogP contribution in [-0.2, 0) is 11.3 Å². The maximum absolute atomic E-state index is 12.1. The summed E-state index contributed by atoms with van der Waals surface area (Å²) in [4.78, 5) is 22.9. The van der Waals surface area contributed by atoms with E-state index in [-0.39, 0.29) is 5.91 Å². The van der Waals surface area contributed by atoms with Crippen LogP contribution >= 0.6 is 11.3 Å². The van der Waals surface area contributed by atoms with Crippen molar-refractivity contribution in [2.24, 2.45) is 0 Å². The molecular weight excluding hydrogens is 306 g/mol. The van der Waals surface area contributed by atoms with E-state index in [0.29, 0.717) is 6.54 Å². The zero-order valence-corrected chi connectivity index (χ0v) is 13.4. The number of fused-ring (bicyclic) bond motifs is 3. The summed E-state index contributed by atoms with van der Waals surface area (Å²) >= 11 is 1.52. The Balaban J connectivity index is 1.77. The summed E-state index contributed by atoms with van der Waals surface area (Å²) in [6.45, 7) is 2.11. The number of H-pyrrole nitrogens is 1. The van der Waals surface area contributed by atoms with Crippen LogP contribution in [0.2, 0.25) is 0 Å². The van der Waals surface area contributed by atoms with Crippen molar-refractivity contribution in [1.29, 1.82) is 0 Å². The molecule has 23 heavy (non-hydrogen) atoms. The number of anilines is 1. The molecule has 1 amide bonds. The molecule has 0 spiro atoms. The summed E-state index contributed by atoms with van der Waals surface area (Å²) < 4.78 is 0. The van der Waals surface area contributed by atoms with Gasteiger partial charge in [0.25, 0.3) is 0 Å². The van der Waals surface area contributed by atoms with Crippen molar-refractivity contribution in [3.8, 4) is 0 Å². The molecule has 2 heterocycles. The standard InChI is InChI=1S/C18H15N3OS/c1-12(22)21(11-13-7-3-2-4-8-13)18-20-16-14-9-5-6-10-15(14)19-17(16)23-18/h2-10,19H,11H2,1H3. The predicted octanol–water partition coefficient (Wildman–Crippen LogP) is 4.33. The molecular formula is C18H15N3OS. The highest BCUT2D eigenvalue weighted by molar-refractivity contribution is 7.22. The molecule has 5 heteroatoms. The van der Waals surface area contributed by atoms with Crippen molar-refractivity contribution in [3.05, 3.63) is 60.2 Å². The Hall–Kier alpha value is -2.66. The van der Waals surface area contributed by atoms with Gasteiger partial charge in [-0.05, 0) is 11.6 Å². The second kappa shape index (κ2) is 5.52. The van der Waals surface area contributed by atoms with Crippen molar-refractivity contribution in [3.63, 3.8) is 0 Å². The number of aromatic amines is 1. The lowest BCUT2D eigenvalue weighted by atomic mass is 10.2. The summed E-state index contributed by atoms with van der Waals surface area (Å²) in [6, 6.07) is 18.1. The van der Waals surface area contributed by atoms with Gasteiger partial charge >= 0.3 is 0 Å². The van der Waals surface area contributed by atoms with Crippen LogP contribution in [0.25, 0.3) is 21.3 Å². The SMILES string of the molecule is CC(=O)N(Cc1ccccc1)c1nc2c([nH]c3ccccc32)s1. The van der Waals surface area contributed by atoms with E-state index in [1.165, 1.54) is 11.3 Å². The highest BCUT2D eigenvalue weighted by Crippen LogP contribution is 2.34. The number of carbonyl (C=O) groups is 1. The zero-order chi connectivity index (χ0) is 15.8. The maximum atomic E-state index is 12.1. The van der Waals surface area contributed by atoms with Crippen LogP contribution in [0, 0.1) is 0 Å². The molecule has 114 valence electrons. The summed E-state index contributed by atoms with van der Waals surface area (Å²) in [5, 5.41) is 1.82. The first kappa shape index (κ1) is 14.0. The Morgan fingerprint density at radius 1 is 1.13 bits per heavy atom. The number of carbonyl (C=O) groups excluding carboxylic acids is 1. The van der Waals surface area contributed by atoms with Crippen LogP contribution in [-0.4, -0.2) is 15.9 Å². The molecule has 4 aromatic rings. The number of aromatic nitrogens is 2. The molecule has 0 bridgehead atoms. The van der Waals surface area contributed by atoms with Gasteiger partial charge in [0.2, 0.25) is 5.91 Å². The van der Waals surface area contributed by atoms with E-state index in [0.717, 1.165) is 31.9 Å². The largest absolute Gasteiger partial charge is 0.345 e. The zero-order valence-electron chi connectivity index (χ0n) is 12.6. The van der Waals surface area contributed by atoms with Gasteiger partial charge in [0, 0.05) is 17.8 Å². The van der Waals surface area contributed by atoms with E-state index >= 15 is 0 Å². The monoisotopic (exact) mass is 321 g/mol. The van der Waals surface area contributed by atoms with Gasteiger partial charge in [0.15, 0.2) is 5.13 Å². The summed E-state index contributed by atoms with van der Waals surface area (Å²) in [7, 11) is 0. The molecule has 1 N–H and O–H groups in total. The normalized spacial score (nSPS) is 11.2. The molecule has 0 saturated heterocycles. The van der Waals surface area contributed by atoms with Crippen LogP contribution in [0.3, 0.4) is 0 Å². The lowest BCUT2D eigenvalue weighted by molar-refractivity contribution is -0.116. The molecule has 0 aliphatic heterocycles.